The summed E-state index contributed by atoms with van der Waals surface area (Å²) in [6, 6.07) is 11.7. The average molecular weight is 491 g/mol. The normalized spacial score (nSPS) is 11.9. The summed E-state index contributed by atoms with van der Waals surface area (Å²) in [4.78, 5) is 16.1. The maximum Gasteiger partial charge on any atom is 0.416 e. The van der Waals surface area contributed by atoms with E-state index in [9.17, 15) is 13.2 Å². The molecule has 4 aromatic heterocycles. The molecule has 0 bridgehead atoms. The Labute approximate surface area is 200 Å². The van der Waals surface area contributed by atoms with Crippen molar-refractivity contribution in [3.05, 3.63) is 72.8 Å². The number of ether oxygens (including phenoxy) is 1. The smallest absolute Gasteiger partial charge is 0.416 e. The standard InChI is InChI=1S/C24H16F3N7O2/c1-34-11-13(10-30-34)18-9-17-21(32-18)28-12-29-22(17)35-16-6-7-20-19(8-16)33-23(36-20)31-15-4-2-14(3-5-15)24(25,26)27/h2-12H,1H3,(H,31,33)(H,28,29,32). The summed E-state index contributed by atoms with van der Waals surface area (Å²) in [5.74, 6) is 0.832. The molecule has 0 aliphatic rings. The third-order valence-electron chi connectivity index (χ3n) is 5.44. The van der Waals surface area contributed by atoms with Crippen molar-refractivity contribution in [1.82, 2.24) is 29.7 Å². The first-order valence-electron chi connectivity index (χ1n) is 10.7. The Morgan fingerprint density at radius 3 is 2.64 bits per heavy atom. The van der Waals surface area contributed by atoms with E-state index in [4.69, 9.17) is 9.15 Å². The minimum absolute atomic E-state index is 0.137. The first-order valence-corrected chi connectivity index (χ1v) is 10.7. The molecular formula is C24H16F3N7O2. The van der Waals surface area contributed by atoms with Crippen molar-refractivity contribution in [1.29, 1.82) is 0 Å². The average Bonchev–Trinajstić information content (AvgIpc) is 3.56. The minimum atomic E-state index is -4.40. The Hall–Kier alpha value is -4.87. The number of nitrogens with zero attached hydrogens (tertiary/aromatic N) is 5. The van der Waals surface area contributed by atoms with Crippen LogP contribution < -0.4 is 10.1 Å². The van der Waals surface area contributed by atoms with Crippen molar-refractivity contribution in [3.63, 3.8) is 0 Å². The number of rotatable bonds is 5. The molecule has 6 rings (SSSR count). The van der Waals surface area contributed by atoms with E-state index in [0.29, 0.717) is 39.5 Å². The lowest BCUT2D eigenvalue weighted by atomic mass is 10.2. The van der Waals surface area contributed by atoms with Gasteiger partial charge in [-0.2, -0.15) is 23.3 Å². The molecule has 6 aromatic rings. The summed E-state index contributed by atoms with van der Waals surface area (Å²) in [6.07, 6.45) is 0.630. The molecule has 2 aromatic carbocycles. The van der Waals surface area contributed by atoms with Gasteiger partial charge in [0.25, 0.3) is 6.01 Å². The van der Waals surface area contributed by atoms with Crippen molar-refractivity contribution in [2.75, 3.05) is 5.32 Å². The number of fused-ring (bicyclic) bond motifs is 2. The van der Waals surface area contributed by atoms with E-state index in [0.717, 1.165) is 23.4 Å². The highest BCUT2D eigenvalue weighted by Gasteiger charge is 2.30. The lowest BCUT2D eigenvalue weighted by molar-refractivity contribution is -0.137. The topological polar surface area (TPSA) is 107 Å². The fourth-order valence-corrected chi connectivity index (χ4v) is 3.72. The summed E-state index contributed by atoms with van der Waals surface area (Å²) in [5, 5.41) is 7.75. The quantitative estimate of drug-likeness (QED) is 0.302. The van der Waals surface area contributed by atoms with Crippen molar-refractivity contribution in [2.24, 2.45) is 7.05 Å². The number of aryl methyl sites for hydroxylation is 1. The van der Waals surface area contributed by atoms with Gasteiger partial charge in [0.05, 0.1) is 22.8 Å². The number of hydrogen-bond acceptors (Lipinski definition) is 7. The van der Waals surface area contributed by atoms with Crippen LogP contribution in [-0.4, -0.2) is 29.7 Å². The Morgan fingerprint density at radius 2 is 1.89 bits per heavy atom. The molecule has 0 aliphatic heterocycles. The molecule has 0 unspecified atom stereocenters. The summed E-state index contributed by atoms with van der Waals surface area (Å²) in [5.41, 5.74) is 2.99. The van der Waals surface area contributed by atoms with Gasteiger partial charge >= 0.3 is 6.18 Å². The summed E-state index contributed by atoms with van der Waals surface area (Å²) in [7, 11) is 1.84. The molecule has 0 radical (unpaired) electrons. The van der Waals surface area contributed by atoms with E-state index < -0.39 is 11.7 Å². The highest BCUT2D eigenvalue weighted by atomic mass is 19.4. The summed E-state index contributed by atoms with van der Waals surface area (Å²) < 4.78 is 51.7. The molecule has 0 saturated heterocycles. The number of halogens is 3. The zero-order chi connectivity index (χ0) is 24.9. The fourth-order valence-electron chi connectivity index (χ4n) is 3.72. The van der Waals surface area contributed by atoms with Crippen LogP contribution in [-0.2, 0) is 13.2 Å². The first-order chi connectivity index (χ1) is 17.3. The van der Waals surface area contributed by atoms with Gasteiger partial charge in [0, 0.05) is 30.6 Å². The van der Waals surface area contributed by atoms with E-state index in [1.165, 1.54) is 18.5 Å². The summed E-state index contributed by atoms with van der Waals surface area (Å²) in [6.45, 7) is 0. The van der Waals surface area contributed by atoms with Crippen LogP contribution in [0.2, 0.25) is 0 Å². The molecule has 0 amide bonds. The van der Waals surface area contributed by atoms with Gasteiger partial charge in [-0.3, -0.25) is 4.68 Å². The molecule has 0 fully saturated rings. The van der Waals surface area contributed by atoms with Gasteiger partial charge in [0.15, 0.2) is 5.58 Å². The molecule has 0 aliphatic carbocycles. The molecular weight excluding hydrogens is 475 g/mol. The Kier molecular flexibility index (Phi) is 4.88. The third-order valence-corrected chi connectivity index (χ3v) is 5.44. The van der Waals surface area contributed by atoms with E-state index in [1.807, 2.05) is 19.3 Å². The number of oxazole rings is 1. The highest BCUT2D eigenvalue weighted by molar-refractivity contribution is 5.87. The lowest BCUT2D eigenvalue weighted by Crippen LogP contribution is -2.04. The maximum atomic E-state index is 12.8. The van der Waals surface area contributed by atoms with Crippen LogP contribution in [0.15, 0.2) is 71.7 Å². The van der Waals surface area contributed by atoms with Gasteiger partial charge in [-0.1, -0.05) is 0 Å². The molecule has 12 heteroatoms. The molecule has 9 nitrogen and oxygen atoms in total. The molecule has 0 spiro atoms. The Morgan fingerprint density at radius 1 is 1.06 bits per heavy atom. The predicted octanol–water partition coefficient (Wildman–Crippen LogP) is 6.05. The van der Waals surface area contributed by atoms with Crippen LogP contribution >= 0.6 is 0 Å². The van der Waals surface area contributed by atoms with E-state index in [1.54, 1.807) is 29.1 Å². The van der Waals surface area contributed by atoms with Crippen LogP contribution in [0.25, 0.3) is 33.4 Å². The van der Waals surface area contributed by atoms with Gasteiger partial charge < -0.3 is 19.5 Å². The number of hydrogen-bond donors (Lipinski definition) is 2. The van der Waals surface area contributed by atoms with Crippen molar-refractivity contribution < 1.29 is 22.3 Å². The number of aromatic nitrogens is 6. The number of alkyl halides is 3. The SMILES string of the molecule is Cn1cc(-c2cc3c(Oc4ccc5oc(Nc6ccc(C(F)(F)F)cc6)nc5c4)ncnc3[nH]2)cn1. The summed E-state index contributed by atoms with van der Waals surface area (Å²) >= 11 is 0. The second-order valence-electron chi connectivity index (χ2n) is 7.98. The third kappa shape index (κ3) is 4.08. The van der Waals surface area contributed by atoms with Gasteiger partial charge in [0.1, 0.15) is 23.2 Å². The van der Waals surface area contributed by atoms with Crippen molar-refractivity contribution in [3.8, 4) is 22.9 Å². The van der Waals surface area contributed by atoms with Crippen LogP contribution in [0.4, 0.5) is 24.9 Å². The van der Waals surface area contributed by atoms with Crippen molar-refractivity contribution >= 4 is 33.8 Å². The largest absolute Gasteiger partial charge is 0.438 e. The maximum absolute atomic E-state index is 12.8. The number of benzene rings is 2. The first kappa shape index (κ1) is 21.6. The molecule has 0 saturated carbocycles. The molecule has 2 N–H and O–H groups in total. The van der Waals surface area contributed by atoms with E-state index >= 15 is 0 Å². The molecule has 0 atom stereocenters. The fraction of sp³-hybridized carbons (Fsp3) is 0.0833. The number of nitrogens with one attached hydrogen (secondary N) is 2. The highest BCUT2D eigenvalue weighted by Crippen LogP contribution is 2.33. The molecule has 180 valence electrons. The zero-order valence-corrected chi connectivity index (χ0v) is 18.5. The van der Waals surface area contributed by atoms with Crippen LogP contribution in [0.1, 0.15) is 5.56 Å². The van der Waals surface area contributed by atoms with Gasteiger partial charge in [-0.05, 0) is 42.5 Å². The number of anilines is 2. The molecule has 36 heavy (non-hydrogen) atoms. The van der Waals surface area contributed by atoms with E-state index in [2.05, 4.69) is 30.4 Å². The van der Waals surface area contributed by atoms with Gasteiger partial charge in [-0.25, -0.2) is 9.97 Å². The zero-order valence-electron chi connectivity index (χ0n) is 18.5. The van der Waals surface area contributed by atoms with Gasteiger partial charge in [0.2, 0.25) is 5.88 Å². The number of aromatic amines is 1. The second kappa shape index (κ2) is 8.12. The van der Waals surface area contributed by atoms with Gasteiger partial charge in [-0.15, -0.1) is 0 Å². The van der Waals surface area contributed by atoms with Crippen LogP contribution in [0.5, 0.6) is 11.6 Å². The van der Waals surface area contributed by atoms with Crippen molar-refractivity contribution in [2.45, 2.75) is 6.18 Å². The Balaban J connectivity index is 1.25. The number of H-pyrrole nitrogens is 1. The van der Waals surface area contributed by atoms with Crippen LogP contribution in [0, 0.1) is 0 Å². The predicted molar refractivity (Wildman–Crippen MR) is 125 cm³/mol. The Bertz CT molecular complexity index is 1700. The minimum Gasteiger partial charge on any atom is -0.438 e. The van der Waals surface area contributed by atoms with Crippen LogP contribution in [0.3, 0.4) is 0 Å². The monoisotopic (exact) mass is 491 g/mol. The lowest BCUT2D eigenvalue weighted by Gasteiger charge is -2.07. The molecule has 4 heterocycles. The van der Waals surface area contributed by atoms with E-state index in [-0.39, 0.29) is 6.01 Å². The second-order valence-corrected chi connectivity index (χ2v) is 7.98.